The molecule has 2 aromatic rings. The van der Waals surface area contributed by atoms with Gasteiger partial charge in [-0.1, -0.05) is 0 Å². The van der Waals surface area contributed by atoms with Crippen LogP contribution >= 0.6 is 11.3 Å². The highest BCUT2D eigenvalue weighted by Crippen LogP contribution is 2.21. The first kappa shape index (κ1) is 16.0. The van der Waals surface area contributed by atoms with E-state index in [1.54, 1.807) is 0 Å². The van der Waals surface area contributed by atoms with Crippen molar-refractivity contribution in [3.63, 3.8) is 0 Å². The Hall–Kier alpha value is -1.35. The van der Waals surface area contributed by atoms with Crippen molar-refractivity contribution in [2.24, 2.45) is 0 Å². The number of aliphatic hydroxyl groups excluding tert-OH is 1. The van der Waals surface area contributed by atoms with Gasteiger partial charge in [0.05, 0.1) is 6.61 Å². The molecule has 0 saturated heterocycles. The lowest BCUT2D eigenvalue weighted by Crippen LogP contribution is -2.24. The Labute approximate surface area is 125 Å². The molecule has 0 atom stereocenters. The summed E-state index contributed by atoms with van der Waals surface area (Å²) >= 11 is 1.37. The van der Waals surface area contributed by atoms with E-state index in [9.17, 15) is 17.2 Å². The summed E-state index contributed by atoms with van der Waals surface area (Å²) in [6.07, 6.45) is 0. The fraction of sp³-hybridized carbons (Fsp3) is 0.231. The zero-order valence-corrected chi connectivity index (χ0v) is 12.7. The fourth-order valence-corrected chi connectivity index (χ4v) is 3.79. The summed E-state index contributed by atoms with van der Waals surface area (Å²) in [5, 5.41) is 10.8. The highest BCUT2D eigenvalue weighted by Gasteiger charge is 2.23. The quantitative estimate of drug-likeness (QED) is 0.882. The van der Waals surface area contributed by atoms with Crippen molar-refractivity contribution in [2.75, 3.05) is 0 Å². The molecule has 0 bridgehead atoms. The van der Waals surface area contributed by atoms with Crippen LogP contribution in [-0.2, 0) is 23.2 Å². The number of rotatable bonds is 5. The molecule has 1 heterocycles. The van der Waals surface area contributed by atoms with Gasteiger partial charge in [-0.3, -0.25) is 0 Å². The first-order valence-corrected chi connectivity index (χ1v) is 8.33. The summed E-state index contributed by atoms with van der Waals surface area (Å²) in [5.41, 5.74) is 0.903. The third-order valence-corrected chi connectivity index (χ3v) is 5.34. The predicted molar refractivity (Wildman–Crippen MR) is 75.4 cm³/mol. The van der Waals surface area contributed by atoms with Crippen molar-refractivity contribution in [3.05, 3.63) is 51.2 Å². The summed E-state index contributed by atoms with van der Waals surface area (Å²) in [7, 11) is -4.21. The maximum atomic E-state index is 13.7. The van der Waals surface area contributed by atoms with Crippen LogP contribution in [0.25, 0.3) is 0 Å². The van der Waals surface area contributed by atoms with E-state index in [1.165, 1.54) is 11.3 Å². The van der Waals surface area contributed by atoms with E-state index in [0.29, 0.717) is 0 Å². The van der Waals surface area contributed by atoms with Crippen LogP contribution in [0.4, 0.5) is 8.78 Å². The lowest BCUT2D eigenvalue weighted by atomic mass is 10.2. The highest BCUT2D eigenvalue weighted by molar-refractivity contribution is 7.89. The summed E-state index contributed by atoms with van der Waals surface area (Å²) in [4.78, 5) is -0.0153. The van der Waals surface area contributed by atoms with Gasteiger partial charge >= 0.3 is 0 Å². The zero-order valence-electron chi connectivity index (χ0n) is 11.1. The van der Waals surface area contributed by atoms with Gasteiger partial charge in [0.25, 0.3) is 0 Å². The smallest absolute Gasteiger partial charge is 0.243 e. The number of halogens is 2. The molecule has 114 valence electrons. The Kier molecular flexibility index (Phi) is 4.72. The SMILES string of the molecule is Cc1ccsc1CNS(=O)(=O)c1cc(CO)cc(F)c1F. The second kappa shape index (κ2) is 6.18. The van der Waals surface area contributed by atoms with E-state index in [1.807, 2.05) is 18.4 Å². The standard InChI is InChI=1S/C13H13F2NO3S2/c1-8-2-3-20-11(8)6-16-21(18,19)12-5-9(7-17)4-10(14)13(12)15/h2-5,16-17H,6-7H2,1H3. The molecule has 21 heavy (non-hydrogen) atoms. The average molecular weight is 333 g/mol. The van der Waals surface area contributed by atoms with Gasteiger partial charge in [-0.15, -0.1) is 11.3 Å². The van der Waals surface area contributed by atoms with Crippen LogP contribution in [0, 0.1) is 18.6 Å². The molecular weight excluding hydrogens is 320 g/mol. The number of sulfonamides is 1. The number of aryl methyl sites for hydroxylation is 1. The van der Waals surface area contributed by atoms with Gasteiger partial charge < -0.3 is 5.11 Å². The molecule has 0 spiro atoms. The van der Waals surface area contributed by atoms with Crippen LogP contribution in [0.2, 0.25) is 0 Å². The molecule has 0 amide bonds. The summed E-state index contributed by atoms with van der Waals surface area (Å²) in [6.45, 7) is 1.24. The monoisotopic (exact) mass is 333 g/mol. The third kappa shape index (κ3) is 3.46. The van der Waals surface area contributed by atoms with Gasteiger partial charge in [0.1, 0.15) is 4.90 Å². The fourth-order valence-electron chi connectivity index (χ4n) is 1.73. The van der Waals surface area contributed by atoms with Gasteiger partial charge in [-0.25, -0.2) is 21.9 Å². The van der Waals surface area contributed by atoms with Gasteiger partial charge in [-0.2, -0.15) is 0 Å². The molecule has 1 aromatic heterocycles. The molecule has 1 aromatic carbocycles. The molecule has 4 nitrogen and oxygen atoms in total. The normalized spacial score (nSPS) is 11.8. The van der Waals surface area contributed by atoms with Gasteiger partial charge in [0.2, 0.25) is 10.0 Å². The number of hydrogen-bond acceptors (Lipinski definition) is 4. The Bertz CT molecular complexity index is 757. The first-order chi connectivity index (χ1) is 9.85. The van der Waals surface area contributed by atoms with Crippen LogP contribution < -0.4 is 4.72 Å². The molecule has 2 rings (SSSR count). The summed E-state index contributed by atoms with van der Waals surface area (Å²) in [6, 6.07) is 3.51. The minimum absolute atomic E-state index is 0.00373. The lowest BCUT2D eigenvalue weighted by Gasteiger charge is -2.09. The second-order valence-corrected chi connectivity index (χ2v) is 7.14. The van der Waals surface area contributed by atoms with E-state index in [2.05, 4.69) is 4.72 Å². The van der Waals surface area contributed by atoms with Gasteiger partial charge in [-0.05, 0) is 41.6 Å². The zero-order chi connectivity index (χ0) is 15.6. The Morgan fingerprint density at radius 2 is 2.05 bits per heavy atom. The van der Waals surface area contributed by atoms with Gasteiger partial charge in [0, 0.05) is 11.4 Å². The predicted octanol–water partition coefficient (Wildman–Crippen LogP) is 2.31. The molecule has 0 aliphatic heterocycles. The molecule has 0 saturated carbocycles. The van der Waals surface area contributed by atoms with Crippen LogP contribution in [-0.4, -0.2) is 13.5 Å². The summed E-state index contributed by atoms with van der Waals surface area (Å²) < 4.78 is 53.4. The topological polar surface area (TPSA) is 66.4 Å². The molecule has 0 aliphatic carbocycles. The number of benzene rings is 1. The van der Waals surface area contributed by atoms with Crippen LogP contribution in [0.3, 0.4) is 0 Å². The molecule has 8 heteroatoms. The molecule has 0 radical (unpaired) electrons. The van der Waals surface area contributed by atoms with Crippen molar-refractivity contribution in [3.8, 4) is 0 Å². The molecular formula is C13H13F2NO3S2. The van der Waals surface area contributed by atoms with Crippen LogP contribution in [0.15, 0.2) is 28.5 Å². The van der Waals surface area contributed by atoms with E-state index in [0.717, 1.165) is 22.6 Å². The summed E-state index contributed by atoms with van der Waals surface area (Å²) in [5.74, 6) is -2.77. The maximum absolute atomic E-state index is 13.7. The third-order valence-electron chi connectivity index (χ3n) is 2.92. The number of aliphatic hydroxyl groups is 1. The van der Waals surface area contributed by atoms with Gasteiger partial charge in [0.15, 0.2) is 11.6 Å². The van der Waals surface area contributed by atoms with E-state index in [-0.39, 0.29) is 12.1 Å². The van der Waals surface area contributed by atoms with E-state index >= 15 is 0 Å². The Morgan fingerprint density at radius 1 is 1.33 bits per heavy atom. The Balaban J connectivity index is 2.31. The minimum atomic E-state index is -4.21. The largest absolute Gasteiger partial charge is 0.392 e. The minimum Gasteiger partial charge on any atom is -0.392 e. The van der Waals surface area contributed by atoms with Crippen LogP contribution in [0.1, 0.15) is 16.0 Å². The van der Waals surface area contributed by atoms with Crippen molar-refractivity contribution < 1.29 is 22.3 Å². The number of hydrogen-bond donors (Lipinski definition) is 2. The van der Waals surface area contributed by atoms with Crippen molar-refractivity contribution >= 4 is 21.4 Å². The van der Waals surface area contributed by atoms with E-state index in [4.69, 9.17) is 5.11 Å². The van der Waals surface area contributed by atoms with Crippen molar-refractivity contribution in [1.82, 2.24) is 4.72 Å². The highest BCUT2D eigenvalue weighted by atomic mass is 32.2. The van der Waals surface area contributed by atoms with Crippen molar-refractivity contribution in [2.45, 2.75) is 25.0 Å². The number of nitrogens with one attached hydrogen (secondary N) is 1. The molecule has 0 fully saturated rings. The maximum Gasteiger partial charge on any atom is 0.243 e. The van der Waals surface area contributed by atoms with Crippen LogP contribution in [0.5, 0.6) is 0 Å². The van der Waals surface area contributed by atoms with Crippen molar-refractivity contribution in [1.29, 1.82) is 0 Å². The Morgan fingerprint density at radius 3 is 2.62 bits per heavy atom. The first-order valence-electron chi connectivity index (χ1n) is 5.96. The number of thiophene rings is 1. The molecule has 2 N–H and O–H groups in total. The molecule has 0 unspecified atom stereocenters. The second-order valence-electron chi connectivity index (χ2n) is 4.40. The molecule has 0 aliphatic rings. The average Bonchev–Trinajstić information content (AvgIpc) is 2.84. The van der Waals surface area contributed by atoms with E-state index < -0.39 is 33.2 Å². The lowest BCUT2D eigenvalue weighted by molar-refractivity contribution is 0.280.